The van der Waals surface area contributed by atoms with E-state index in [1.54, 1.807) is 18.2 Å². The van der Waals surface area contributed by atoms with E-state index in [2.05, 4.69) is 0 Å². The second-order valence-corrected chi connectivity index (χ2v) is 5.99. The van der Waals surface area contributed by atoms with Crippen molar-refractivity contribution in [1.29, 1.82) is 0 Å². The Morgan fingerprint density at radius 3 is 2.73 bits per heavy atom. The lowest BCUT2D eigenvalue weighted by molar-refractivity contribution is -0.490. The predicted molar refractivity (Wildman–Crippen MR) is 95.9 cm³/mol. The number of benzene rings is 2. The summed E-state index contributed by atoms with van der Waals surface area (Å²) in [5, 5.41) is 20.8. The van der Waals surface area contributed by atoms with Gasteiger partial charge in [-0.25, -0.2) is 0 Å². The average Bonchev–Trinajstić information content (AvgIpc) is 2.95. The summed E-state index contributed by atoms with van der Waals surface area (Å²) in [6.45, 7) is 1.13. The molecule has 1 heterocycles. The number of hydrogen-bond donors (Lipinski definition) is 1. The van der Waals surface area contributed by atoms with Gasteiger partial charge in [0.1, 0.15) is 11.9 Å². The van der Waals surface area contributed by atoms with Crippen molar-refractivity contribution in [2.24, 2.45) is 0 Å². The Labute approximate surface area is 151 Å². The second-order valence-electron chi connectivity index (χ2n) is 5.99. The van der Waals surface area contributed by atoms with Crippen molar-refractivity contribution in [1.82, 2.24) is 0 Å². The Morgan fingerprint density at radius 2 is 1.96 bits per heavy atom. The Morgan fingerprint density at radius 1 is 1.15 bits per heavy atom. The molecule has 0 fully saturated rings. The molecule has 0 aromatic heterocycles. The lowest BCUT2D eigenvalue weighted by Crippen LogP contribution is -2.30. The van der Waals surface area contributed by atoms with Crippen LogP contribution in [0.3, 0.4) is 0 Å². The van der Waals surface area contributed by atoms with Crippen LogP contribution < -0.4 is 10.2 Å². The quantitative estimate of drug-likeness (QED) is 0.318. The van der Waals surface area contributed by atoms with E-state index in [0.717, 1.165) is 5.56 Å². The van der Waals surface area contributed by atoms with Gasteiger partial charge >= 0.3 is 7.12 Å². The van der Waals surface area contributed by atoms with Crippen molar-refractivity contribution >= 4 is 12.6 Å². The number of rotatable bonds is 9. The van der Waals surface area contributed by atoms with Gasteiger partial charge in [-0.15, -0.1) is 0 Å². The van der Waals surface area contributed by atoms with Crippen molar-refractivity contribution < 1.29 is 24.1 Å². The second kappa shape index (κ2) is 8.80. The fourth-order valence-corrected chi connectivity index (χ4v) is 2.91. The van der Waals surface area contributed by atoms with Crippen LogP contribution in [0.4, 0.5) is 0 Å². The minimum atomic E-state index is -1.21. The largest absolute Gasteiger partial charge is 0.496 e. The highest BCUT2D eigenvalue weighted by atomic mass is 16.6. The van der Waals surface area contributed by atoms with Crippen LogP contribution in [-0.4, -0.2) is 36.8 Å². The number of hydrogen-bond acceptors (Lipinski definition) is 6. The monoisotopic (exact) mass is 357 g/mol. The first-order valence-electron chi connectivity index (χ1n) is 8.47. The van der Waals surface area contributed by atoms with E-state index in [-0.39, 0.29) is 6.54 Å². The van der Waals surface area contributed by atoms with Gasteiger partial charge < -0.3 is 19.2 Å². The molecule has 0 radical (unpaired) electrons. The normalized spacial score (nSPS) is 15.7. The zero-order chi connectivity index (χ0) is 18.4. The summed E-state index contributed by atoms with van der Waals surface area (Å²) in [6.07, 6.45) is -0.0704. The van der Waals surface area contributed by atoms with Crippen molar-refractivity contribution in [3.8, 4) is 5.75 Å². The highest BCUT2D eigenvalue weighted by Crippen LogP contribution is 2.27. The third kappa shape index (κ3) is 4.60. The van der Waals surface area contributed by atoms with E-state index in [1.165, 1.54) is 0 Å². The van der Waals surface area contributed by atoms with Gasteiger partial charge in [0.25, 0.3) is 0 Å². The minimum Gasteiger partial charge on any atom is -0.494 e. The van der Waals surface area contributed by atoms with Gasteiger partial charge in [0.05, 0.1) is 19.8 Å². The van der Waals surface area contributed by atoms with Crippen molar-refractivity contribution in [3.63, 3.8) is 0 Å². The lowest BCUT2D eigenvalue weighted by Gasteiger charge is -2.11. The maximum absolute atomic E-state index is 10.7. The molecule has 1 aliphatic heterocycles. The Kier molecular flexibility index (Phi) is 6.22. The first-order chi connectivity index (χ1) is 12.6. The molecule has 0 amide bonds. The lowest BCUT2D eigenvalue weighted by atomic mass is 9.78. The van der Waals surface area contributed by atoms with E-state index >= 15 is 0 Å². The first kappa shape index (κ1) is 18.4. The van der Waals surface area contributed by atoms with Gasteiger partial charge in [-0.2, -0.15) is 0 Å². The van der Waals surface area contributed by atoms with Crippen LogP contribution in [0, 0.1) is 10.1 Å². The minimum absolute atomic E-state index is 0.388. The topological polar surface area (TPSA) is 91.1 Å². The van der Waals surface area contributed by atoms with E-state index in [1.807, 2.05) is 30.3 Å². The van der Waals surface area contributed by atoms with E-state index in [4.69, 9.17) is 14.1 Å². The zero-order valence-corrected chi connectivity index (χ0v) is 14.2. The molecule has 26 heavy (non-hydrogen) atoms. The summed E-state index contributed by atoms with van der Waals surface area (Å²) in [5.74, 6) is 0.490. The van der Waals surface area contributed by atoms with Crippen LogP contribution in [0.25, 0.3) is 0 Å². The van der Waals surface area contributed by atoms with Crippen molar-refractivity contribution in [3.05, 3.63) is 69.8 Å². The smallest absolute Gasteiger partial charge is 0.494 e. The number of ether oxygens (including phenoxy) is 2. The van der Waals surface area contributed by atoms with Crippen LogP contribution in [-0.2, 0) is 16.0 Å². The summed E-state index contributed by atoms with van der Waals surface area (Å²) in [7, 11) is -1.21. The van der Waals surface area contributed by atoms with Gasteiger partial charge in [0, 0.05) is 16.8 Å². The Balaban J connectivity index is 1.48. The standard InChI is InChI=1S/C18H20BNO6/c21-19-18-15(17(26-19)12-20(22)23)8-4-9-16(18)25-11-5-10-24-13-14-6-2-1-3-7-14/h1-4,6-9,17,21H,5,10-13H2/t17-/m0/s1. The van der Waals surface area contributed by atoms with Crippen LogP contribution in [0.2, 0.25) is 0 Å². The van der Waals surface area contributed by atoms with Crippen LogP contribution >= 0.6 is 0 Å². The molecule has 0 bridgehead atoms. The molecule has 0 aliphatic carbocycles. The summed E-state index contributed by atoms with van der Waals surface area (Å²) in [6, 6.07) is 15.1. The number of nitro groups is 1. The molecular formula is C18H20BNO6. The van der Waals surface area contributed by atoms with Gasteiger partial charge in [-0.1, -0.05) is 42.5 Å². The average molecular weight is 357 g/mol. The molecule has 3 rings (SSSR count). The van der Waals surface area contributed by atoms with Gasteiger partial charge in [-0.3, -0.25) is 10.1 Å². The Hall–Kier alpha value is -2.42. The summed E-state index contributed by atoms with van der Waals surface area (Å²) in [5.41, 5.74) is 2.20. The molecule has 1 N–H and O–H groups in total. The first-order valence-corrected chi connectivity index (χ1v) is 8.47. The third-order valence-corrected chi connectivity index (χ3v) is 4.10. The molecule has 1 aliphatic rings. The predicted octanol–water partition coefficient (Wildman–Crippen LogP) is 1.71. The van der Waals surface area contributed by atoms with E-state index in [9.17, 15) is 15.1 Å². The van der Waals surface area contributed by atoms with E-state index < -0.39 is 18.1 Å². The zero-order valence-electron chi connectivity index (χ0n) is 14.2. The summed E-state index contributed by atoms with van der Waals surface area (Å²) < 4.78 is 16.6. The van der Waals surface area contributed by atoms with Gasteiger partial charge in [-0.05, 0) is 17.2 Å². The summed E-state index contributed by atoms with van der Waals surface area (Å²) in [4.78, 5) is 10.3. The molecule has 0 saturated carbocycles. The number of fused-ring (bicyclic) bond motifs is 1. The highest BCUT2D eigenvalue weighted by Gasteiger charge is 2.40. The highest BCUT2D eigenvalue weighted by molar-refractivity contribution is 6.62. The Bertz CT molecular complexity index is 742. The van der Waals surface area contributed by atoms with Crippen LogP contribution in [0.5, 0.6) is 5.75 Å². The van der Waals surface area contributed by atoms with Gasteiger partial charge in [0.15, 0.2) is 0 Å². The molecule has 8 heteroatoms. The SMILES string of the molecule is O=[N+]([O-])C[C@@H]1OB(O)c2c(OCCCOCc3ccccc3)cccc21. The molecule has 1 atom stereocenters. The van der Waals surface area contributed by atoms with Crippen LogP contribution in [0.15, 0.2) is 48.5 Å². The fourth-order valence-electron chi connectivity index (χ4n) is 2.91. The summed E-state index contributed by atoms with van der Waals surface area (Å²) >= 11 is 0. The van der Waals surface area contributed by atoms with Gasteiger partial charge in [0.2, 0.25) is 6.54 Å². The van der Waals surface area contributed by atoms with Crippen molar-refractivity contribution in [2.45, 2.75) is 19.1 Å². The molecule has 2 aromatic rings. The fraction of sp³-hybridized carbons (Fsp3) is 0.333. The molecule has 136 valence electrons. The molecule has 0 unspecified atom stereocenters. The molecule has 0 spiro atoms. The molecule has 2 aromatic carbocycles. The van der Waals surface area contributed by atoms with E-state index in [0.29, 0.717) is 43.0 Å². The maximum atomic E-state index is 10.7. The number of nitrogens with zero attached hydrogens (tertiary/aromatic N) is 1. The van der Waals surface area contributed by atoms with Crippen LogP contribution in [0.1, 0.15) is 23.7 Å². The maximum Gasteiger partial charge on any atom is 0.496 e. The van der Waals surface area contributed by atoms with Crippen molar-refractivity contribution in [2.75, 3.05) is 19.8 Å². The molecule has 7 nitrogen and oxygen atoms in total. The third-order valence-electron chi connectivity index (χ3n) is 4.10. The molecular weight excluding hydrogens is 337 g/mol. The molecule has 0 saturated heterocycles.